The third kappa shape index (κ3) is 3.15. The number of nitrogens with zero attached hydrogens (tertiary/aromatic N) is 2. The van der Waals surface area contributed by atoms with Gasteiger partial charge in [-0.25, -0.2) is 9.97 Å². The molecule has 0 bridgehead atoms. The van der Waals surface area contributed by atoms with Crippen molar-refractivity contribution in [1.82, 2.24) is 9.97 Å². The fourth-order valence-corrected chi connectivity index (χ4v) is 2.22. The molecule has 0 spiro atoms. The number of anilines is 2. The molecule has 0 saturated heterocycles. The van der Waals surface area contributed by atoms with Gasteiger partial charge < -0.3 is 15.4 Å². The number of rotatable bonds is 6. The van der Waals surface area contributed by atoms with Crippen LogP contribution in [-0.2, 0) is 4.74 Å². The molecule has 1 aliphatic carbocycles. The molecule has 1 aromatic rings. The summed E-state index contributed by atoms with van der Waals surface area (Å²) in [7, 11) is 3.66. The quantitative estimate of drug-likeness (QED) is 0.827. The van der Waals surface area contributed by atoms with Crippen LogP contribution in [0.3, 0.4) is 0 Å². The second-order valence-electron chi connectivity index (χ2n) is 5.50. The number of hydrogen-bond donors (Lipinski definition) is 2. The summed E-state index contributed by atoms with van der Waals surface area (Å²) < 4.78 is 5.61. The van der Waals surface area contributed by atoms with Gasteiger partial charge in [-0.15, -0.1) is 0 Å². The van der Waals surface area contributed by atoms with Crippen molar-refractivity contribution < 1.29 is 4.74 Å². The van der Waals surface area contributed by atoms with Gasteiger partial charge in [0.15, 0.2) is 0 Å². The van der Waals surface area contributed by atoms with Crippen molar-refractivity contribution in [3.63, 3.8) is 0 Å². The van der Waals surface area contributed by atoms with E-state index in [0.29, 0.717) is 5.92 Å². The number of nitrogens with one attached hydrogen (secondary N) is 2. The van der Waals surface area contributed by atoms with Crippen molar-refractivity contribution in [1.29, 1.82) is 0 Å². The maximum atomic E-state index is 5.61. The molecule has 0 atom stereocenters. The minimum atomic E-state index is 0.00273. The van der Waals surface area contributed by atoms with E-state index in [-0.39, 0.29) is 5.60 Å². The number of hydrogen-bond acceptors (Lipinski definition) is 5. The SMILES string of the molecule is CNc1cc(NCC2(OC)CCC2)nc(C(C)C)n1. The first-order valence-electron chi connectivity index (χ1n) is 6.94. The Morgan fingerprint density at radius 3 is 2.47 bits per heavy atom. The van der Waals surface area contributed by atoms with E-state index in [1.807, 2.05) is 13.1 Å². The van der Waals surface area contributed by atoms with E-state index < -0.39 is 0 Å². The summed E-state index contributed by atoms with van der Waals surface area (Å²) in [5.41, 5.74) is 0.00273. The number of aromatic nitrogens is 2. The molecule has 1 aromatic heterocycles. The van der Waals surface area contributed by atoms with E-state index in [9.17, 15) is 0 Å². The lowest BCUT2D eigenvalue weighted by Gasteiger charge is -2.40. The largest absolute Gasteiger partial charge is 0.376 e. The summed E-state index contributed by atoms with van der Waals surface area (Å²) in [4.78, 5) is 9.02. The van der Waals surface area contributed by atoms with Crippen molar-refractivity contribution in [2.24, 2.45) is 0 Å². The minimum absolute atomic E-state index is 0.00273. The van der Waals surface area contributed by atoms with Crippen LogP contribution < -0.4 is 10.6 Å². The Morgan fingerprint density at radius 2 is 2.00 bits per heavy atom. The summed E-state index contributed by atoms with van der Waals surface area (Å²) in [5, 5.41) is 6.47. The first-order chi connectivity index (χ1) is 9.08. The maximum absolute atomic E-state index is 5.61. The molecule has 1 saturated carbocycles. The highest BCUT2D eigenvalue weighted by atomic mass is 16.5. The van der Waals surface area contributed by atoms with Gasteiger partial charge in [0.2, 0.25) is 0 Å². The molecule has 5 nitrogen and oxygen atoms in total. The second kappa shape index (κ2) is 5.74. The molecule has 0 aliphatic heterocycles. The summed E-state index contributed by atoms with van der Waals surface area (Å²) in [5.74, 6) is 2.89. The number of methoxy groups -OCH3 is 1. The van der Waals surface area contributed by atoms with Gasteiger partial charge in [-0.3, -0.25) is 0 Å². The molecule has 19 heavy (non-hydrogen) atoms. The van der Waals surface area contributed by atoms with Gasteiger partial charge in [0, 0.05) is 32.7 Å². The third-order valence-electron chi connectivity index (χ3n) is 3.81. The highest BCUT2D eigenvalue weighted by molar-refractivity contribution is 5.47. The van der Waals surface area contributed by atoms with Crippen LogP contribution in [0.2, 0.25) is 0 Å². The van der Waals surface area contributed by atoms with Crippen molar-refractivity contribution in [3.05, 3.63) is 11.9 Å². The summed E-state index contributed by atoms with van der Waals surface area (Å²) in [6.45, 7) is 5.00. The van der Waals surface area contributed by atoms with E-state index in [1.54, 1.807) is 7.11 Å². The van der Waals surface area contributed by atoms with Crippen LogP contribution in [-0.4, -0.2) is 36.3 Å². The second-order valence-corrected chi connectivity index (χ2v) is 5.50. The Balaban J connectivity index is 2.08. The van der Waals surface area contributed by atoms with Gasteiger partial charge in [-0.1, -0.05) is 13.8 Å². The van der Waals surface area contributed by atoms with Crippen molar-refractivity contribution in [2.45, 2.75) is 44.6 Å². The molecule has 106 valence electrons. The van der Waals surface area contributed by atoms with Crippen molar-refractivity contribution >= 4 is 11.6 Å². The van der Waals surface area contributed by atoms with Gasteiger partial charge in [0.25, 0.3) is 0 Å². The fraction of sp³-hybridized carbons (Fsp3) is 0.714. The van der Waals surface area contributed by atoms with Gasteiger partial charge in [-0.05, 0) is 19.3 Å². The topological polar surface area (TPSA) is 59.1 Å². The Labute approximate surface area is 115 Å². The van der Waals surface area contributed by atoms with Crippen molar-refractivity contribution in [2.75, 3.05) is 31.3 Å². The Morgan fingerprint density at radius 1 is 1.32 bits per heavy atom. The molecule has 1 heterocycles. The molecule has 0 radical (unpaired) electrons. The predicted octanol–water partition coefficient (Wildman–Crippen LogP) is 2.62. The summed E-state index contributed by atoms with van der Waals surface area (Å²) in [6, 6.07) is 1.94. The molecule has 1 aliphatic rings. The fourth-order valence-electron chi connectivity index (χ4n) is 2.22. The normalized spacial score (nSPS) is 17.1. The molecule has 0 amide bonds. The zero-order chi connectivity index (χ0) is 13.9. The lowest BCUT2D eigenvalue weighted by atomic mass is 9.80. The van der Waals surface area contributed by atoms with Crippen LogP contribution in [0.1, 0.15) is 44.9 Å². The van der Waals surface area contributed by atoms with E-state index >= 15 is 0 Å². The average Bonchev–Trinajstić information content (AvgIpc) is 2.37. The molecule has 0 unspecified atom stereocenters. The molecular weight excluding hydrogens is 240 g/mol. The van der Waals surface area contributed by atoms with E-state index in [2.05, 4.69) is 34.4 Å². The Hall–Kier alpha value is -1.36. The van der Waals surface area contributed by atoms with Crippen LogP contribution >= 0.6 is 0 Å². The molecule has 2 rings (SSSR count). The smallest absolute Gasteiger partial charge is 0.135 e. The van der Waals surface area contributed by atoms with Gasteiger partial charge >= 0.3 is 0 Å². The van der Waals surface area contributed by atoms with E-state index in [0.717, 1.165) is 36.8 Å². The maximum Gasteiger partial charge on any atom is 0.135 e. The first-order valence-corrected chi connectivity index (χ1v) is 6.94. The van der Waals surface area contributed by atoms with Crippen molar-refractivity contribution in [3.8, 4) is 0 Å². The highest BCUT2D eigenvalue weighted by Gasteiger charge is 2.36. The first kappa shape index (κ1) is 14.1. The van der Waals surface area contributed by atoms with E-state index in [1.165, 1.54) is 6.42 Å². The zero-order valence-corrected chi connectivity index (χ0v) is 12.3. The van der Waals surface area contributed by atoms with E-state index in [4.69, 9.17) is 4.74 Å². The van der Waals surface area contributed by atoms with Crippen LogP contribution in [0.25, 0.3) is 0 Å². The Kier molecular flexibility index (Phi) is 4.24. The minimum Gasteiger partial charge on any atom is -0.376 e. The monoisotopic (exact) mass is 264 g/mol. The Bertz CT molecular complexity index is 424. The van der Waals surface area contributed by atoms with Gasteiger partial charge in [0.05, 0.1) is 5.60 Å². The third-order valence-corrected chi connectivity index (χ3v) is 3.81. The number of ether oxygens (including phenoxy) is 1. The van der Waals surface area contributed by atoms with Gasteiger partial charge in [-0.2, -0.15) is 0 Å². The molecular formula is C14H24N4O. The zero-order valence-electron chi connectivity index (χ0n) is 12.3. The molecule has 2 N–H and O–H groups in total. The predicted molar refractivity (Wildman–Crippen MR) is 77.7 cm³/mol. The standard InChI is InChI=1S/C14H24N4O/c1-10(2)13-17-11(15-3)8-12(18-13)16-9-14(19-4)6-5-7-14/h8,10H,5-7,9H2,1-4H3,(H2,15,16,17,18). The molecule has 5 heteroatoms. The van der Waals surface area contributed by atoms with Crippen LogP contribution in [0.5, 0.6) is 0 Å². The van der Waals surface area contributed by atoms with Gasteiger partial charge in [0.1, 0.15) is 17.5 Å². The van der Waals surface area contributed by atoms with Crippen LogP contribution in [0.4, 0.5) is 11.6 Å². The average molecular weight is 264 g/mol. The van der Waals surface area contributed by atoms with Crippen LogP contribution in [0, 0.1) is 0 Å². The van der Waals surface area contributed by atoms with Crippen LogP contribution in [0.15, 0.2) is 6.07 Å². The summed E-state index contributed by atoms with van der Waals surface area (Å²) >= 11 is 0. The summed E-state index contributed by atoms with van der Waals surface area (Å²) in [6.07, 6.45) is 3.49. The lowest BCUT2D eigenvalue weighted by molar-refractivity contribution is -0.0601. The molecule has 0 aromatic carbocycles. The highest BCUT2D eigenvalue weighted by Crippen LogP contribution is 2.35. The molecule has 1 fully saturated rings. The lowest BCUT2D eigenvalue weighted by Crippen LogP contribution is -2.45.